The molecule has 1 N–H and O–H groups in total. The summed E-state index contributed by atoms with van der Waals surface area (Å²) in [6.07, 6.45) is -0.00441. The van der Waals surface area contributed by atoms with Crippen molar-refractivity contribution < 1.29 is 14.3 Å². The molecule has 19 heavy (non-hydrogen) atoms. The van der Waals surface area contributed by atoms with Gasteiger partial charge in [-0.05, 0) is 54.4 Å². The van der Waals surface area contributed by atoms with Crippen LogP contribution in [0, 0.1) is 0 Å². The summed E-state index contributed by atoms with van der Waals surface area (Å²) in [4.78, 5) is 22.7. The zero-order valence-corrected chi connectivity index (χ0v) is 13.2. The maximum Gasteiger partial charge on any atom is 0.408 e. The van der Waals surface area contributed by atoms with E-state index < -0.39 is 17.7 Å². The zero-order chi connectivity index (χ0) is 14.6. The quantitative estimate of drug-likeness (QED) is 0.844. The molecule has 1 atom stereocenters. The van der Waals surface area contributed by atoms with Crippen molar-refractivity contribution >= 4 is 39.9 Å². The molecule has 0 aromatic heterocycles. The van der Waals surface area contributed by atoms with Gasteiger partial charge >= 0.3 is 6.09 Å². The van der Waals surface area contributed by atoms with Crippen LogP contribution in [0.4, 0.5) is 4.79 Å². The Hall–Kier alpha value is -1.07. The Labute approximate surface area is 125 Å². The van der Waals surface area contributed by atoms with Gasteiger partial charge in [-0.15, -0.1) is 0 Å². The molecule has 1 amide bonds. The first-order chi connectivity index (χ1) is 8.73. The van der Waals surface area contributed by atoms with Crippen molar-refractivity contribution in [3.8, 4) is 0 Å². The van der Waals surface area contributed by atoms with E-state index in [4.69, 9.17) is 16.3 Å². The molecular weight excluding hydrogens is 334 g/mol. The highest BCUT2D eigenvalue weighted by molar-refractivity contribution is 9.10. The number of aldehydes is 1. The van der Waals surface area contributed by atoms with Crippen LogP contribution in [-0.4, -0.2) is 18.0 Å². The molecule has 0 aliphatic rings. The van der Waals surface area contributed by atoms with Crippen LogP contribution in [0.3, 0.4) is 0 Å². The summed E-state index contributed by atoms with van der Waals surface area (Å²) in [6.45, 7) is 5.25. The molecule has 0 saturated carbocycles. The maximum absolute atomic E-state index is 11.6. The molecule has 6 heteroatoms. The van der Waals surface area contributed by atoms with Gasteiger partial charge in [0.25, 0.3) is 0 Å². The van der Waals surface area contributed by atoms with Gasteiger partial charge in [0.05, 0.1) is 5.02 Å². The topological polar surface area (TPSA) is 55.4 Å². The smallest absolute Gasteiger partial charge is 0.408 e. The predicted molar refractivity (Wildman–Crippen MR) is 77.3 cm³/mol. The fourth-order valence-corrected chi connectivity index (χ4v) is 1.85. The van der Waals surface area contributed by atoms with Crippen LogP contribution in [0.15, 0.2) is 22.7 Å². The van der Waals surface area contributed by atoms with E-state index in [9.17, 15) is 9.59 Å². The number of halogens is 2. The van der Waals surface area contributed by atoms with E-state index in [2.05, 4.69) is 21.2 Å². The highest BCUT2D eigenvalue weighted by Crippen LogP contribution is 2.25. The largest absolute Gasteiger partial charge is 0.444 e. The summed E-state index contributed by atoms with van der Waals surface area (Å²) in [6, 6.07) is 4.22. The van der Waals surface area contributed by atoms with Crippen molar-refractivity contribution in [2.24, 2.45) is 0 Å². The molecule has 0 aliphatic carbocycles. The standard InChI is InChI=1S/C13H15BrClNO3/c1-13(2,3)19-12(18)16-11(7-17)8-4-5-10(15)9(14)6-8/h4-7,11H,1-3H3,(H,16,18). The van der Waals surface area contributed by atoms with E-state index in [0.29, 0.717) is 21.3 Å². The van der Waals surface area contributed by atoms with Crippen molar-refractivity contribution in [1.29, 1.82) is 0 Å². The minimum Gasteiger partial charge on any atom is -0.444 e. The molecule has 1 unspecified atom stereocenters. The Bertz CT molecular complexity index is 485. The second kappa shape index (κ2) is 6.39. The Balaban J connectivity index is 2.81. The average molecular weight is 349 g/mol. The molecule has 4 nitrogen and oxygen atoms in total. The third-order valence-electron chi connectivity index (χ3n) is 2.11. The van der Waals surface area contributed by atoms with Gasteiger partial charge in [0.1, 0.15) is 17.9 Å². The lowest BCUT2D eigenvalue weighted by atomic mass is 10.1. The minimum atomic E-state index is -0.775. The summed E-state index contributed by atoms with van der Waals surface area (Å²) in [5.41, 5.74) is 0.00935. The molecule has 1 aromatic rings. The number of amides is 1. The van der Waals surface area contributed by atoms with Crippen molar-refractivity contribution in [2.75, 3.05) is 0 Å². The fourth-order valence-electron chi connectivity index (χ4n) is 1.34. The number of rotatable bonds is 3. The van der Waals surface area contributed by atoms with Gasteiger partial charge in [0.15, 0.2) is 0 Å². The highest BCUT2D eigenvalue weighted by atomic mass is 79.9. The summed E-state index contributed by atoms with van der Waals surface area (Å²) in [7, 11) is 0. The van der Waals surface area contributed by atoms with E-state index in [0.717, 1.165) is 0 Å². The second-order valence-corrected chi connectivity index (χ2v) is 6.20. The highest BCUT2D eigenvalue weighted by Gasteiger charge is 2.20. The van der Waals surface area contributed by atoms with Crippen molar-refractivity contribution in [3.63, 3.8) is 0 Å². The first-order valence-corrected chi connectivity index (χ1v) is 6.80. The number of hydrogen-bond acceptors (Lipinski definition) is 3. The van der Waals surface area contributed by atoms with Crippen LogP contribution >= 0.6 is 27.5 Å². The Morgan fingerprint density at radius 1 is 1.47 bits per heavy atom. The Kier molecular flexibility index (Phi) is 5.38. The molecule has 0 radical (unpaired) electrons. The van der Waals surface area contributed by atoms with E-state index in [1.54, 1.807) is 39.0 Å². The Morgan fingerprint density at radius 2 is 2.11 bits per heavy atom. The monoisotopic (exact) mass is 347 g/mol. The third kappa shape index (κ3) is 5.20. The molecular formula is C13H15BrClNO3. The van der Waals surface area contributed by atoms with Crippen molar-refractivity contribution in [2.45, 2.75) is 32.4 Å². The van der Waals surface area contributed by atoms with Gasteiger partial charge in [0.2, 0.25) is 0 Å². The summed E-state index contributed by atoms with van der Waals surface area (Å²) in [5.74, 6) is 0. The number of alkyl carbamates (subject to hydrolysis) is 1. The van der Waals surface area contributed by atoms with Gasteiger partial charge in [-0.2, -0.15) is 0 Å². The number of carbonyl (C=O) groups excluding carboxylic acids is 2. The lowest BCUT2D eigenvalue weighted by molar-refractivity contribution is -0.109. The van der Waals surface area contributed by atoms with Gasteiger partial charge in [-0.1, -0.05) is 17.7 Å². The lowest BCUT2D eigenvalue weighted by Crippen LogP contribution is -2.35. The SMILES string of the molecule is CC(C)(C)OC(=O)NC(C=O)c1ccc(Cl)c(Br)c1. The first-order valence-electron chi connectivity index (χ1n) is 5.62. The molecule has 1 aromatic carbocycles. The van der Waals surface area contributed by atoms with E-state index in [1.807, 2.05) is 0 Å². The van der Waals surface area contributed by atoms with Gasteiger partial charge < -0.3 is 14.8 Å². The summed E-state index contributed by atoms with van der Waals surface area (Å²) in [5, 5.41) is 3.03. The number of ether oxygens (including phenoxy) is 1. The minimum absolute atomic E-state index is 0.533. The normalized spacial score (nSPS) is 12.7. The fraction of sp³-hybridized carbons (Fsp3) is 0.385. The molecule has 104 valence electrons. The third-order valence-corrected chi connectivity index (χ3v) is 3.33. The van der Waals surface area contributed by atoms with Crippen molar-refractivity contribution in [1.82, 2.24) is 5.32 Å². The van der Waals surface area contributed by atoms with Gasteiger partial charge in [-0.3, -0.25) is 0 Å². The van der Waals surface area contributed by atoms with E-state index in [-0.39, 0.29) is 0 Å². The van der Waals surface area contributed by atoms with Crippen molar-refractivity contribution in [3.05, 3.63) is 33.3 Å². The lowest BCUT2D eigenvalue weighted by Gasteiger charge is -2.21. The van der Waals surface area contributed by atoms with Crippen LogP contribution in [0.25, 0.3) is 0 Å². The van der Waals surface area contributed by atoms with Gasteiger partial charge in [0, 0.05) is 4.47 Å². The molecule has 0 spiro atoms. The molecule has 0 aliphatic heterocycles. The second-order valence-electron chi connectivity index (χ2n) is 4.93. The van der Waals surface area contributed by atoms with E-state index >= 15 is 0 Å². The number of carbonyl (C=O) groups is 2. The summed E-state index contributed by atoms with van der Waals surface area (Å²) < 4.78 is 5.76. The number of nitrogens with one attached hydrogen (secondary N) is 1. The van der Waals surface area contributed by atoms with Crippen LogP contribution < -0.4 is 5.32 Å². The number of hydrogen-bond donors (Lipinski definition) is 1. The molecule has 0 bridgehead atoms. The first kappa shape index (κ1) is 16.0. The number of benzene rings is 1. The molecule has 0 saturated heterocycles. The zero-order valence-electron chi connectivity index (χ0n) is 10.9. The van der Waals surface area contributed by atoms with Crippen LogP contribution in [0.2, 0.25) is 5.02 Å². The van der Waals surface area contributed by atoms with E-state index in [1.165, 1.54) is 0 Å². The molecule has 1 rings (SSSR count). The predicted octanol–water partition coefficient (Wildman–Crippen LogP) is 3.87. The maximum atomic E-state index is 11.6. The molecule has 0 heterocycles. The molecule has 0 fully saturated rings. The average Bonchev–Trinajstić information content (AvgIpc) is 2.27. The van der Waals surface area contributed by atoms with Crippen LogP contribution in [0.1, 0.15) is 32.4 Å². The Morgan fingerprint density at radius 3 is 2.58 bits per heavy atom. The van der Waals surface area contributed by atoms with Gasteiger partial charge in [-0.25, -0.2) is 4.79 Å². The van der Waals surface area contributed by atoms with Crippen LogP contribution in [0.5, 0.6) is 0 Å². The summed E-state index contributed by atoms with van der Waals surface area (Å²) >= 11 is 9.14. The van der Waals surface area contributed by atoms with Crippen LogP contribution in [-0.2, 0) is 9.53 Å².